The van der Waals surface area contributed by atoms with Crippen molar-refractivity contribution in [3.05, 3.63) is 69.7 Å². The molecule has 2 aromatic carbocycles. The van der Waals surface area contributed by atoms with Gasteiger partial charge < -0.3 is 10.0 Å². The number of halogens is 2. The number of aliphatic carboxylic acids is 1. The van der Waals surface area contributed by atoms with Crippen LogP contribution in [-0.4, -0.2) is 59.0 Å². The van der Waals surface area contributed by atoms with E-state index in [2.05, 4.69) is 0 Å². The van der Waals surface area contributed by atoms with Crippen LogP contribution >= 0.6 is 23.2 Å². The summed E-state index contributed by atoms with van der Waals surface area (Å²) < 4.78 is 26.8. The van der Waals surface area contributed by atoms with Crippen LogP contribution in [0.2, 0.25) is 10.0 Å². The minimum Gasteiger partial charge on any atom is -0.481 e. The van der Waals surface area contributed by atoms with Gasteiger partial charge in [0.05, 0.1) is 22.6 Å². The standard InChI is InChI=1S/C29H38Cl2N2O5S/c1-7-23(18-32(6)39(37,38)28(2,3)4)33-26(19-11-13-21(30)14-12-19)24(20-9-8-10-22(31)15-20)16-29(5,27(33)36)17-25(34)35/h8-15,23-24,26H,7,16-18H2,1-6H3,(H,34,35)/t23-,24?,26+,29+/m0/s1. The van der Waals surface area contributed by atoms with Gasteiger partial charge in [-0.3, -0.25) is 9.59 Å². The molecule has 0 spiro atoms. The van der Waals surface area contributed by atoms with Gasteiger partial charge in [-0.2, -0.15) is 0 Å². The van der Waals surface area contributed by atoms with Crippen LogP contribution in [-0.2, 0) is 19.6 Å². The average molecular weight is 598 g/mol. The van der Waals surface area contributed by atoms with Gasteiger partial charge in [-0.05, 0) is 69.0 Å². The fourth-order valence-corrected chi connectivity index (χ4v) is 7.19. The van der Waals surface area contributed by atoms with E-state index in [1.54, 1.807) is 50.8 Å². The first-order valence-electron chi connectivity index (χ1n) is 13.0. The second-order valence-corrected chi connectivity index (χ2v) is 15.3. The molecular formula is C29H38Cl2N2O5S. The van der Waals surface area contributed by atoms with E-state index in [9.17, 15) is 23.1 Å². The molecule has 3 rings (SSSR count). The highest BCUT2D eigenvalue weighted by Crippen LogP contribution is 2.52. The molecule has 1 aliphatic rings. The van der Waals surface area contributed by atoms with Gasteiger partial charge >= 0.3 is 5.97 Å². The highest BCUT2D eigenvalue weighted by atomic mass is 35.5. The summed E-state index contributed by atoms with van der Waals surface area (Å²) in [5.74, 6) is -1.68. The van der Waals surface area contributed by atoms with E-state index in [4.69, 9.17) is 23.2 Å². The van der Waals surface area contributed by atoms with Crippen molar-refractivity contribution in [2.24, 2.45) is 5.41 Å². The number of carbonyl (C=O) groups excluding carboxylic acids is 1. The van der Waals surface area contributed by atoms with Crippen molar-refractivity contribution in [3.8, 4) is 0 Å². The van der Waals surface area contributed by atoms with Crippen molar-refractivity contribution in [1.82, 2.24) is 9.21 Å². The Morgan fingerprint density at radius 3 is 2.26 bits per heavy atom. The quantitative estimate of drug-likeness (QED) is 0.363. The summed E-state index contributed by atoms with van der Waals surface area (Å²) in [5, 5.41) is 10.9. The first kappa shape index (κ1) is 31.4. The highest BCUT2D eigenvalue weighted by Gasteiger charge is 2.52. The normalized spacial score (nSPS) is 23.2. The highest BCUT2D eigenvalue weighted by molar-refractivity contribution is 7.90. The SMILES string of the molecule is CC[C@@H](CN(C)S(=O)(=O)C(C)(C)C)N1C(=O)[C@@](C)(CC(=O)O)CC(c2cccc(Cl)c2)[C@H]1c1ccc(Cl)cc1. The van der Waals surface area contributed by atoms with E-state index >= 15 is 0 Å². The summed E-state index contributed by atoms with van der Waals surface area (Å²) in [6.45, 7) is 8.59. The van der Waals surface area contributed by atoms with Crippen molar-refractivity contribution in [1.29, 1.82) is 0 Å². The molecule has 1 unspecified atom stereocenters. The van der Waals surface area contributed by atoms with Crippen LogP contribution in [0, 0.1) is 5.41 Å². The second-order valence-electron chi connectivity index (χ2n) is 11.7. The average Bonchev–Trinajstić information content (AvgIpc) is 2.83. The molecule has 0 saturated carbocycles. The molecule has 2 aromatic rings. The van der Waals surface area contributed by atoms with E-state index in [-0.39, 0.29) is 31.2 Å². The van der Waals surface area contributed by atoms with Crippen LogP contribution in [0.15, 0.2) is 48.5 Å². The van der Waals surface area contributed by atoms with E-state index in [1.165, 1.54) is 11.4 Å². The molecule has 1 fully saturated rings. The number of piperidine rings is 1. The molecule has 214 valence electrons. The maximum atomic E-state index is 14.3. The molecule has 0 radical (unpaired) electrons. The lowest BCUT2D eigenvalue weighted by Crippen LogP contribution is -2.58. The zero-order chi connectivity index (χ0) is 29.3. The number of hydrogen-bond donors (Lipinski definition) is 1. The van der Waals surface area contributed by atoms with Gasteiger partial charge in [-0.25, -0.2) is 12.7 Å². The Morgan fingerprint density at radius 2 is 1.74 bits per heavy atom. The molecule has 10 heteroatoms. The molecule has 4 atom stereocenters. The third-order valence-corrected chi connectivity index (χ3v) is 10.7. The first-order valence-corrected chi connectivity index (χ1v) is 15.2. The summed E-state index contributed by atoms with van der Waals surface area (Å²) in [6.07, 6.45) is 0.402. The maximum Gasteiger partial charge on any atom is 0.304 e. The van der Waals surface area contributed by atoms with Gasteiger partial charge in [-0.1, -0.05) is 61.3 Å². The predicted molar refractivity (Wildman–Crippen MR) is 156 cm³/mol. The lowest BCUT2D eigenvalue weighted by atomic mass is 9.67. The summed E-state index contributed by atoms with van der Waals surface area (Å²) >= 11 is 12.6. The smallest absolute Gasteiger partial charge is 0.304 e. The van der Waals surface area contributed by atoms with E-state index < -0.39 is 38.2 Å². The van der Waals surface area contributed by atoms with Crippen LogP contribution in [0.5, 0.6) is 0 Å². The Kier molecular flexibility index (Phi) is 9.48. The Balaban J connectivity index is 2.23. The molecule has 1 saturated heterocycles. The Bertz CT molecular complexity index is 1310. The van der Waals surface area contributed by atoms with Crippen LogP contribution in [0.3, 0.4) is 0 Å². The fraction of sp³-hybridized carbons (Fsp3) is 0.517. The molecule has 1 amide bonds. The molecule has 0 bridgehead atoms. The fourth-order valence-electron chi connectivity index (χ4n) is 5.56. The number of nitrogens with zero attached hydrogens (tertiary/aromatic N) is 2. The molecule has 1 aliphatic heterocycles. The first-order chi connectivity index (χ1) is 18.0. The summed E-state index contributed by atoms with van der Waals surface area (Å²) in [5.41, 5.74) is 0.494. The molecule has 0 aromatic heterocycles. The van der Waals surface area contributed by atoms with Crippen molar-refractivity contribution >= 4 is 45.1 Å². The maximum absolute atomic E-state index is 14.3. The minimum absolute atomic E-state index is 0.0668. The molecule has 0 aliphatic carbocycles. The number of hydrogen-bond acceptors (Lipinski definition) is 4. The lowest BCUT2D eigenvalue weighted by Gasteiger charge is -2.52. The number of amides is 1. The number of carbonyl (C=O) groups is 2. The van der Waals surface area contributed by atoms with Crippen molar-refractivity contribution < 1.29 is 23.1 Å². The molecule has 1 heterocycles. The van der Waals surface area contributed by atoms with Crippen LogP contribution in [0.4, 0.5) is 0 Å². The number of likely N-dealkylation sites (tertiary alicyclic amines) is 1. The van der Waals surface area contributed by atoms with Gasteiger partial charge in [0.2, 0.25) is 15.9 Å². The van der Waals surface area contributed by atoms with Crippen LogP contribution in [0.25, 0.3) is 0 Å². The van der Waals surface area contributed by atoms with Gasteiger partial charge in [0, 0.05) is 35.6 Å². The molecule has 7 nitrogen and oxygen atoms in total. The predicted octanol–water partition coefficient (Wildman–Crippen LogP) is 6.37. The summed E-state index contributed by atoms with van der Waals surface area (Å²) in [6, 6.07) is 13.6. The number of rotatable bonds is 9. The van der Waals surface area contributed by atoms with Crippen molar-refractivity contribution in [2.75, 3.05) is 13.6 Å². The van der Waals surface area contributed by atoms with Crippen LogP contribution < -0.4 is 0 Å². The molecule has 39 heavy (non-hydrogen) atoms. The zero-order valence-electron chi connectivity index (χ0n) is 23.3. The minimum atomic E-state index is -3.68. The topological polar surface area (TPSA) is 95.0 Å². The van der Waals surface area contributed by atoms with E-state index in [0.29, 0.717) is 16.5 Å². The van der Waals surface area contributed by atoms with E-state index in [1.807, 2.05) is 37.3 Å². The largest absolute Gasteiger partial charge is 0.481 e. The second kappa shape index (κ2) is 11.8. The Labute approximate surface area is 242 Å². The Hall–Kier alpha value is -2.13. The van der Waals surface area contributed by atoms with E-state index in [0.717, 1.165) is 11.1 Å². The number of likely N-dealkylation sites (N-methyl/N-ethyl adjacent to an activating group) is 1. The number of carboxylic acids is 1. The van der Waals surface area contributed by atoms with Crippen LogP contribution in [0.1, 0.15) is 77.0 Å². The number of sulfonamides is 1. The lowest BCUT2D eigenvalue weighted by molar-refractivity contribution is -0.160. The monoisotopic (exact) mass is 596 g/mol. The van der Waals surface area contributed by atoms with Crippen molar-refractivity contribution in [2.45, 2.75) is 76.6 Å². The molecule has 1 N–H and O–H groups in total. The number of benzene rings is 2. The van der Waals surface area contributed by atoms with Gasteiger partial charge in [-0.15, -0.1) is 0 Å². The van der Waals surface area contributed by atoms with Crippen molar-refractivity contribution in [3.63, 3.8) is 0 Å². The third kappa shape index (κ3) is 6.62. The van der Waals surface area contributed by atoms with Gasteiger partial charge in [0.1, 0.15) is 0 Å². The van der Waals surface area contributed by atoms with Gasteiger partial charge in [0.25, 0.3) is 0 Å². The zero-order valence-corrected chi connectivity index (χ0v) is 25.6. The third-order valence-electron chi connectivity index (χ3n) is 7.65. The van der Waals surface area contributed by atoms with Gasteiger partial charge in [0.15, 0.2) is 0 Å². The summed E-state index contributed by atoms with van der Waals surface area (Å²) in [4.78, 5) is 28.1. The molecular weight excluding hydrogens is 559 g/mol. The number of carboxylic acid groups (broad SMARTS) is 1. The Morgan fingerprint density at radius 1 is 1.13 bits per heavy atom. The summed E-state index contributed by atoms with van der Waals surface area (Å²) in [7, 11) is -2.15.